The van der Waals surface area contributed by atoms with Crippen molar-refractivity contribution in [2.75, 3.05) is 6.79 Å². The number of carbonyl (C=O) groups is 1. The molecule has 0 radical (unpaired) electrons. The molecule has 0 atom stereocenters. The highest BCUT2D eigenvalue weighted by atomic mass is 19.4. The Morgan fingerprint density at radius 2 is 1.76 bits per heavy atom. The van der Waals surface area contributed by atoms with Gasteiger partial charge in [0.05, 0.1) is 5.41 Å². The lowest BCUT2D eigenvalue weighted by Gasteiger charge is -2.17. The molecule has 0 unspecified atom stereocenters. The number of hydrogen-bond acceptors (Lipinski definition) is 5. The van der Waals surface area contributed by atoms with E-state index in [1.54, 1.807) is 36.4 Å². The quantitative estimate of drug-likeness (QED) is 0.510. The lowest BCUT2D eigenvalue weighted by Crippen LogP contribution is -2.22. The van der Waals surface area contributed by atoms with Crippen molar-refractivity contribution in [2.45, 2.75) is 37.6 Å². The maximum Gasteiger partial charge on any atom is 0.573 e. The van der Waals surface area contributed by atoms with Crippen molar-refractivity contribution in [3.8, 4) is 28.4 Å². The van der Waals surface area contributed by atoms with Crippen molar-refractivity contribution >= 4 is 5.78 Å². The smallest absolute Gasteiger partial charge is 0.454 e. The van der Waals surface area contributed by atoms with Gasteiger partial charge in [0.2, 0.25) is 6.79 Å². The maximum absolute atomic E-state index is 13.4. The minimum atomic E-state index is -4.84. The molecule has 0 aromatic heterocycles. The Labute approximate surface area is 194 Å². The predicted molar refractivity (Wildman–Crippen MR) is 119 cm³/mol. The highest BCUT2D eigenvalue weighted by molar-refractivity contribution is 5.95. The lowest BCUT2D eigenvalue weighted by molar-refractivity contribution is -0.274. The van der Waals surface area contributed by atoms with Crippen LogP contribution in [0.1, 0.15) is 29.5 Å². The minimum absolute atomic E-state index is 0.0116. The van der Waals surface area contributed by atoms with E-state index in [0.717, 1.165) is 11.1 Å². The van der Waals surface area contributed by atoms with Gasteiger partial charge in [0.1, 0.15) is 11.5 Å². The van der Waals surface area contributed by atoms with Gasteiger partial charge < -0.3 is 19.9 Å². The number of ether oxygens (including phenoxy) is 3. The summed E-state index contributed by atoms with van der Waals surface area (Å²) >= 11 is 0. The second-order valence-corrected chi connectivity index (χ2v) is 8.53. The van der Waals surface area contributed by atoms with Gasteiger partial charge >= 0.3 is 6.36 Å². The molecule has 2 N–H and O–H groups in total. The molecule has 8 heteroatoms. The second-order valence-electron chi connectivity index (χ2n) is 8.53. The molecular weight excluding hydrogens is 447 g/mol. The molecule has 5 nitrogen and oxygen atoms in total. The van der Waals surface area contributed by atoms with Crippen LogP contribution in [0.4, 0.5) is 13.2 Å². The molecule has 0 amide bonds. The number of ketones is 1. The predicted octanol–water partition coefficient (Wildman–Crippen LogP) is 5.28. The molecule has 0 saturated heterocycles. The van der Waals surface area contributed by atoms with Gasteiger partial charge in [0, 0.05) is 18.5 Å². The number of fused-ring (bicyclic) bond motifs is 1. The zero-order valence-electron chi connectivity index (χ0n) is 18.2. The molecule has 176 valence electrons. The zero-order valence-corrected chi connectivity index (χ0v) is 18.2. The molecule has 3 aromatic carbocycles. The Hall–Kier alpha value is -3.52. The Kier molecular flexibility index (Phi) is 5.48. The molecule has 1 saturated carbocycles. The molecular formula is C26H22F3NO4. The first-order chi connectivity index (χ1) is 16.3. The van der Waals surface area contributed by atoms with E-state index in [4.69, 9.17) is 15.2 Å². The van der Waals surface area contributed by atoms with E-state index in [0.29, 0.717) is 35.5 Å². The number of halogens is 3. The fourth-order valence-electron chi connectivity index (χ4n) is 4.39. The number of rotatable bonds is 7. The molecule has 1 aliphatic heterocycles. The largest absolute Gasteiger partial charge is 0.573 e. The van der Waals surface area contributed by atoms with Crippen LogP contribution in [0, 0.1) is 0 Å². The normalized spacial score (nSPS) is 15.8. The van der Waals surface area contributed by atoms with E-state index >= 15 is 0 Å². The van der Waals surface area contributed by atoms with Gasteiger partial charge in [-0.05, 0) is 65.4 Å². The monoisotopic (exact) mass is 469 g/mol. The lowest BCUT2D eigenvalue weighted by atomic mass is 9.87. The second kappa shape index (κ2) is 8.36. The van der Waals surface area contributed by atoms with Crippen molar-refractivity contribution in [3.05, 3.63) is 77.4 Å². The van der Waals surface area contributed by atoms with Gasteiger partial charge in [-0.15, -0.1) is 13.2 Å². The van der Waals surface area contributed by atoms with E-state index in [-0.39, 0.29) is 36.9 Å². The Bertz CT molecular complexity index is 1250. The van der Waals surface area contributed by atoms with E-state index in [9.17, 15) is 18.0 Å². The van der Waals surface area contributed by atoms with Crippen LogP contribution in [0.25, 0.3) is 11.1 Å². The third-order valence-corrected chi connectivity index (χ3v) is 6.32. The van der Waals surface area contributed by atoms with Crippen LogP contribution in [0.5, 0.6) is 17.2 Å². The third kappa shape index (κ3) is 4.33. The molecule has 0 spiro atoms. The number of nitrogens with two attached hydrogens (primary N) is 1. The van der Waals surface area contributed by atoms with Crippen molar-refractivity contribution in [1.29, 1.82) is 0 Å². The SMILES string of the molecule is NCc1cccc(-c2cc(CC(=O)C3(c4ccc5c(c4)OCO5)CC3)ccc2OC(F)(F)F)c1. The maximum atomic E-state index is 13.4. The summed E-state index contributed by atoms with van der Waals surface area (Å²) in [5, 5.41) is 0. The first-order valence-corrected chi connectivity index (χ1v) is 10.9. The van der Waals surface area contributed by atoms with Gasteiger partial charge in [0.15, 0.2) is 11.5 Å². The van der Waals surface area contributed by atoms with Gasteiger partial charge in [-0.2, -0.15) is 0 Å². The van der Waals surface area contributed by atoms with Crippen molar-refractivity contribution in [1.82, 2.24) is 0 Å². The molecule has 1 aliphatic carbocycles. The van der Waals surface area contributed by atoms with Gasteiger partial charge in [-0.3, -0.25) is 4.79 Å². The Morgan fingerprint density at radius 1 is 0.971 bits per heavy atom. The number of carbonyl (C=O) groups excluding carboxylic acids is 1. The fourth-order valence-corrected chi connectivity index (χ4v) is 4.39. The van der Waals surface area contributed by atoms with E-state index in [1.165, 1.54) is 12.1 Å². The summed E-state index contributed by atoms with van der Waals surface area (Å²) in [4.78, 5) is 13.4. The van der Waals surface area contributed by atoms with Crippen molar-refractivity contribution in [3.63, 3.8) is 0 Å². The van der Waals surface area contributed by atoms with Gasteiger partial charge in [-0.25, -0.2) is 0 Å². The average Bonchev–Trinajstić information content (AvgIpc) is 3.50. The highest BCUT2D eigenvalue weighted by Gasteiger charge is 2.50. The van der Waals surface area contributed by atoms with Crippen LogP contribution in [0.3, 0.4) is 0 Å². The van der Waals surface area contributed by atoms with Crippen LogP contribution in [0.2, 0.25) is 0 Å². The fraction of sp³-hybridized carbons (Fsp3) is 0.269. The molecule has 5 rings (SSSR count). The van der Waals surface area contributed by atoms with Crippen LogP contribution < -0.4 is 19.9 Å². The Morgan fingerprint density at radius 3 is 2.50 bits per heavy atom. The van der Waals surface area contributed by atoms with E-state index in [2.05, 4.69) is 4.74 Å². The van der Waals surface area contributed by atoms with Gasteiger partial charge in [0.25, 0.3) is 0 Å². The zero-order chi connectivity index (χ0) is 23.9. The first kappa shape index (κ1) is 22.3. The average molecular weight is 469 g/mol. The minimum Gasteiger partial charge on any atom is -0.454 e. The number of hydrogen-bond donors (Lipinski definition) is 1. The summed E-state index contributed by atoms with van der Waals surface area (Å²) in [6.07, 6.45) is -3.32. The summed E-state index contributed by atoms with van der Waals surface area (Å²) in [6.45, 7) is 0.403. The first-order valence-electron chi connectivity index (χ1n) is 10.9. The summed E-state index contributed by atoms with van der Waals surface area (Å²) in [6, 6.07) is 16.8. The van der Waals surface area contributed by atoms with Crippen molar-refractivity contribution in [2.24, 2.45) is 5.73 Å². The van der Waals surface area contributed by atoms with Crippen molar-refractivity contribution < 1.29 is 32.2 Å². The number of Topliss-reactive ketones (excluding diaryl/α,β-unsaturated/α-hetero) is 1. The van der Waals surface area contributed by atoms with Gasteiger partial charge in [-0.1, -0.05) is 30.3 Å². The van der Waals surface area contributed by atoms with Crippen LogP contribution in [-0.2, 0) is 23.2 Å². The molecule has 1 fully saturated rings. The summed E-state index contributed by atoms with van der Waals surface area (Å²) in [5.74, 6) is 0.955. The highest BCUT2D eigenvalue weighted by Crippen LogP contribution is 2.51. The molecule has 3 aromatic rings. The molecule has 1 heterocycles. The molecule has 0 bridgehead atoms. The van der Waals surface area contributed by atoms with Crippen LogP contribution in [0.15, 0.2) is 60.7 Å². The van der Waals surface area contributed by atoms with E-state index in [1.807, 2.05) is 12.1 Å². The number of benzene rings is 3. The summed E-state index contributed by atoms with van der Waals surface area (Å²) in [5.41, 5.74) is 8.14. The summed E-state index contributed by atoms with van der Waals surface area (Å²) < 4.78 is 54.1. The Balaban J connectivity index is 1.45. The van der Waals surface area contributed by atoms with Crippen LogP contribution in [-0.4, -0.2) is 18.9 Å². The van der Waals surface area contributed by atoms with E-state index < -0.39 is 11.8 Å². The van der Waals surface area contributed by atoms with Crippen LogP contribution >= 0.6 is 0 Å². The summed E-state index contributed by atoms with van der Waals surface area (Å²) in [7, 11) is 0. The number of alkyl halides is 3. The molecule has 34 heavy (non-hydrogen) atoms. The standard InChI is InChI=1S/C26H22F3NO4/c27-26(28,29)34-21-6-4-16(11-20(21)18-3-1-2-17(10-18)14-30)12-24(31)25(8-9-25)19-5-7-22-23(13-19)33-15-32-22/h1-7,10-11,13H,8-9,12,14-15,30H2. The third-order valence-electron chi connectivity index (χ3n) is 6.32. The molecule has 2 aliphatic rings. The topological polar surface area (TPSA) is 70.8 Å².